The topological polar surface area (TPSA) is 43.1 Å². The van der Waals surface area contributed by atoms with Crippen molar-refractivity contribution in [2.75, 3.05) is 0 Å². The molecular weight excluding hydrogens is 222 g/mol. The molecule has 0 amide bonds. The number of nitrogens with zero attached hydrogens (tertiary/aromatic N) is 1. The average Bonchev–Trinajstić information content (AvgIpc) is 2.79. The Labute approximate surface area is 96.8 Å². The molecule has 0 fully saturated rings. The van der Waals surface area contributed by atoms with Gasteiger partial charge in [0, 0.05) is 10.9 Å². The molecule has 0 aliphatic rings. The van der Waals surface area contributed by atoms with Crippen LogP contribution in [-0.4, -0.2) is 4.92 Å². The minimum Gasteiger partial charge on any atom is -0.258 e. The van der Waals surface area contributed by atoms with Crippen LogP contribution in [0.4, 0.5) is 5.69 Å². The molecule has 2 rings (SSSR count). The van der Waals surface area contributed by atoms with Gasteiger partial charge < -0.3 is 0 Å². The van der Waals surface area contributed by atoms with Gasteiger partial charge in [0.25, 0.3) is 5.69 Å². The van der Waals surface area contributed by atoms with Crippen molar-refractivity contribution >= 4 is 29.2 Å². The van der Waals surface area contributed by atoms with Crippen LogP contribution in [-0.2, 0) is 0 Å². The lowest BCUT2D eigenvalue weighted by molar-refractivity contribution is -0.385. The first-order chi connectivity index (χ1) is 7.77. The quantitative estimate of drug-likeness (QED) is 0.595. The third kappa shape index (κ3) is 2.35. The average molecular weight is 231 g/mol. The van der Waals surface area contributed by atoms with E-state index in [1.807, 2.05) is 23.6 Å². The molecule has 16 heavy (non-hydrogen) atoms. The van der Waals surface area contributed by atoms with E-state index in [0.717, 1.165) is 4.88 Å². The summed E-state index contributed by atoms with van der Waals surface area (Å²) in [6, 6.07) is 10.6. The zero-order valence-corrected chi connectivity index (χ0v) is 9.18. The second kappa shape index (κ2) is 4.72. The molecule has 1 aromatic heterocycles. The van der Waals surface area contributed by atoms with E-state index in [-0.39, 0.29) is 10.6 Å². The van der Waals surface area contributed by atoms with Gasteiger partial charge in [-0.25, -0.2) is 0 Å². The Balaban J connectivity index is 2.31. The smallest absolute Gasteiger partial charge is 0.258 e. The van der Waals surface area contributed by atoms with E-state index in [2.05, 4.69) is 0 Å². The molecule has 0 spiro atoms. The predicted molar refractivity (Wildman–Crippen MR) is 66.3 cm³/mol. The van der Waals surface area contributed by atoms with Crippen LogP contribution >= 0.6 is 11.3 Å². The van der Waals surface area contributed by atoms with Gasteiger partial charge in [0.15, 0.2) is 0 Å². The first kappa shape index (κ1) is 10.6. The maximum absolute atomic E-state index is 10.8. The van der Waals surface area contributed by atoms with Gasteiger partial charge in [0.05, 0.1) is 10.5 Å². The molecule has 0 aliphatic heterocycles. The van der Waals surface area contributed by atoms with Crippen LogP contribution in [0.3, 0.4) is 0 Å². The number of hydrogen-bond acceptors (Lipinski definition) is 3. The molecule has 0 unspecified atom stereocenters. The van der Waals surface area contributed by atoms with E-state index in [9.17, 15) is 10.1 Å². The summed E-state index contributed by atoms with van der Waals surface area (Å²) >= 11 is 1.60. The minimum absolute atomic E-state index is 0.135. The highest BCUT2D eigenvalue weighted by molar-refractivity contribution is 7.10. The fourth-order valence-electron chi connectivity index (χ4n) is 1.35. The normalized spacial score (nSPS) is 10.8. The Kier molecular flexibility index (Phi) is 3.12. The standard InChI is InChI=1S/C12H9NO2S/c14-13(15)12-6-2-1-4-10(12)7-8-11-5-3-9-16-11/h1-9H/b8-7+. The molecule has 80 valence electrons. The van der Waals surface area contributed by atoms with Gasteiger partial charge in [-0.3, -0.25) is 10.1 Å². The summed E-state index contributed by atoms with van der Waals surface area (Å²) in [5.41, 5.74) is 0.760. The van der Waals surface area contributed by atoms with Crippen molar-refractivity contribution < 1.29 is 4.92 Å². The van der Waals surface area contributed by atoms with Crippen LogP contribution in [0.5, 0.6) is 0 Å². The van der Waals surface area contributed by atoms with Crippen LogP contribution in [0.15, 0.2) is 41.8 Å². The van der Waals surface area contributed by atoms with Gasteiger partial charge in [0.2, 0.25) is 0 Å². The van der Waals surface area contributed by atoms with Gasteiger partial charge in [-0.05, 0) is 29.7 Å². The zero-order chi connectivity index (χ0) is 11.4. The summed E-state index contributed by atoms with van der Waals surface area (Å²) in [7, 11) is 0. The first-order valence-corrected chi connectivity index (χ1v) is 5.60. The summed E-state index contributed by atoms with van der Waals surface area (Å²) in [6.45, 7) is 0. The van der Waals surface area contributed by atoms with Gasteiger partial charge in [-0.2, -0.15) is 0 Å². The van der Waals surface area contributed by atoms with E-state index >= 15 is 0 Å². The Morgan fingerprint density at radius 1 is 1.12 bits per heavy atom. The molecule has 0 saturated heterocycles. The lowest BCUT2D eigenvalue weighted by Crippen LogP contribution is -1.90. The molecular formula is C12H9NO2S. The highest BCUT2D eigenvalue weighted by atomic mass is 32.1. The van der Waals surface area contributed by atoms with Crippen molar-refractivity contribution in [1.82, 2.24) is 0 Å². The Morgan fingerprint density at radius 2 is 1.94 bits per heavy atom. The van der Waals surface area contributed by atoms with E-state index in [1.54, 1.807) is 35.6 Å². The Hall–Kier alpha value is -1.94. The van der Waals surface area contributed by atoms with Gasteiger partial charge in [0.1, 0.15) is 0 Å². The third-order valence-corrected chi connectivity index (χ3v) is 2.94. The Bertz CT molecular complexity index is 518. The van der Waals surface area contributed by atoms with Gasteiger partial charge in [-0.15, -0.1) is 11.3 Å². The van der Waals surface area contributed by atoms with Gasteiger partial charge in [-0.1, -0.05) is 18.2 Å². The second-order valence-electron chi connectivity index (χ2n) is 3.16. The predicted octanol–water partition coefficient (Wildman–Crippen LogP) is 3.83. The number of thiophene rings is 1. The van der Waals surface area contributed by atoms with Crippen LogP contribution in [0, 0.1) is 10.1 Å². The summed E-state index contributed by atoms with van der Waals surface area (Å²) in [5.74, 6) is 0. The summed E-state index contributed by atoms with van der Waals surface area (Å²) in [5, 5.41) is 12.7. The van der Waals surface area contributed by atoms with Crippen molar-refractivity contribution in [2.24, 2.45) is 0 Å². The lowest BCUT2D eigenvalue weighted by Gasteiger charge is -1.95. The minimum atomic E-state index is -0.367. The van der Waals surface area contributed by atoms with E-state index in [1.165, 1.54) is 6.07 Å². The van der Waals surface area contributed by atoms with Crippen LogP contribution in [0.1, 0.15) is 10.4 Å². The Morgan fingerprint density at radius 3 is 2.62 bits per heavy atom. The molecule has 3 nitrogen and oxygen atoms in total. The number of hydrogen-bond donors (Lipinski definition) is 0. The fraction of sp³-hybridized carbons (Fsp3) is 0. The largest absolute Gasteiger partial charge is 0.276 e. The number of rotatable bonds is 3. The highest BCUT2D eigenvalue weighted by Gasteiger charge is 2.08. The van der Waals surface area contributed by atoms with Crippen molar-refractivity contribution in [3.8, 4) is 0 Å². The van der Waals surface area contributed by atoms with E-state index in [0.29, 0.717) is 5.56 Å². The monoisotopic (exact) mass is 231 g/mol. The maximum atomic E-state index is 10.8. The van der Waals surface area contributed by atoms with Crippen molar-refractivity contribution in [3.05, 3.63) is 62.3 Å². The number of nitro groups is 1. The highest BCUT2D eigenvalue weighted by Crippen LogP contribution is 2.21. The van der Waals surface area contributed by atoms with Gasteiger partial charge >= 0.3 is 0 Å². The molecule has 4 heteroatoms. The number of benzene rings is 1. The summed E-state index contributed by atoms with van der Waals surface area (Å²) in [4.78, 5) is 11.5. The summed E-state index contributed by atoms with van der Waals surface area (Å²) in [6.07, 6.45) is 3.65. The zero-order valence-electron chi connectivity index (χ0n) is 8.37. The molecule has 0 N–H and O–H groups in total. The third-order valence-electron chi connectivity index (χ3n) is 2.10. The number of nitro benzene ring substituents is 1. The van der Waals surface area contributed by atoms with E-state index in [4.69, 9.17) is 0 Å². The van der Waals surface area contributed by atoms with Crippen molar-refractivity contribution in [2.45, 2.75) is 0 Å². The van der Waals surface area contributed by atoms with Crippen LogP contribution in [0.25, 0.3) is 12.2 Å². The molecule has 0 saturated carbocycles. The van der Waals surface area contributed by atoms with Crippen LogP contribution in [0.2, 0.25) is 0 Å². The molecule has 0 atom stereocenters. The summed E-state index contributed by atoms with van der Waals surface area (Å²) < 4.78 is 0. The first-order valence-electron chi connectivity index (χ1n) is 4.72. The molecule has 1 aromatic carbocycles. The molecule has 0 aliphatic carbocycles. The molecule has 0 radical (unpaired) electrons. The van der Waals surface area contributed by atoms with Crippen molar-refractivity contribution in [3.63, 3.8) is 0 Å². The SMILES string of the molecule is O=[N+]([O-])c1ccccc1/C=C/c1cccs1. The number of para-hydroxylation sites is 1. The van der Waals surface area contributed by atoms with E-state index < -0.39 is 0 Å². The lowest BCUT2D eigenvalue weighted by atomic mass is 10.1. The van der Waals surface area contributed by atoms with Crippen LogP contribution < -0.4 is 0 Å². The maximum Gasteiger partial charge on any atom is 0.276 e. The molecule has 2 aromatic rings. The molecule has 1 heterocycles. The molecule has 0 bridgehead atoms. The fourth-order valence-corrected chi connectivity index (χ4v) is 1.97. The second-order valence-corrected chi connectivity index (χ2v) is 4.14. The van der Waals surface area contributed by atoms with Crippen molar-refractivity contribution in [1.29, 1.82) is 0 Å².